The van der Waals surface area contributed by atoms with E-state index in [1.54, 1.807) is 7.11 Å². The van der Waals surface area contributed by atoms with Crippen LogP contribution in [-0.4, -0.2) is 43.9 Å². The van der Waals surface area contributed by atoms with Gasteiger partial charge >= 0.3 is 0 Å². The molecule has 0 atom stereocenters. The third-order valence-corrected chi connectivity index (χ3v) is 2.53. The van der Waals surface area contributed by atoms with Crippen molar-refractivity contribution in [3.63, 3.8) is 0 Å². The molecule has 0 fully saturated rings. The maximum atomic E-state index is 8.68. The van der Waals surface area contributed by atoms with E-state index in [0.717, 1.165) is 25.3 Å². The summed E-state index contributed by atoms with van der Waals surface area (Å²) in [6.45, 7) is 2.66. The maximum Gasteiger partial charge on any atom is 0.0589 e. The number of nitrogens with zero attached hydrogens (tertiary/aromatic N) is 1. The molecule has 98 valence electrons. The fourth-order valence-corrected chi connectivity index (χ4v) is 1.61. The standard InChI is InChI=1S/C15H21NO2/c1-16(9-11-18-2)13-15-8-5-7-14(12-15)6-3-4-10-17/h5,7-8,12,17H,4,9-11,13H2,1-2H3. The molecule has 3 nitrogen and oxygen atoms in total. The first-order valence-electron chi connectivity index (χ1n) is 6.12. The molecule has 0 radical (unpaired) electrons. The molecule has 0 spiro atoms. The minimum absolute atomic E-state index is 0.118. The van der Waals surface area contributed by atoms with Crippen LogP contribution in [0.2, 0.25) is 0 Å². The van der Waals surface area contributed by atoms with Crippen LogP contribution in [0.1, 0.15) is 17.5 Å². The molecule has 0 heterocycles. The first kappa shape index (κ1) is 14.7. The van der Waals surface area contributed by atoms with Crippen molar-refractivity contribution in [1.82, 2.24) is 4.90 Å². The van der Waals surface area contributed by atoms with Gasteiger partial charge in [0.05, 0.1) is 13.2 Å². The molecule has 0 aromatic heterocycles. The summed E-state index contributed by atoms with van der Waals surface area (Å²) in [4.78, 5) is 2.21. The van der Waals surface area contributed by atoms with Gasteiger partial charge in [-0.2, -0.15) is 0 Å². The Morgan fingerprint density at radius 2 is 2.22 bits per heavy atom. The number of rotatable bonds is 6. The van der Waals surface area contributed by atoms with Crippen molar-refractivity contribution >= 4 is 0 Å². The number of hydrogen-bond donors (Lipinski definition) is 1. The van der Waals surface area contributed by atoms with E-state index in [1.165, 1.54) is 5.56 Å². The summed E-state index contributed by atoms with van der Waals surface area (Å²) in [7, 11) is 3.79. The summed E-state index contributed by atoms with van der Waals surface area (Å²) in [6.07, 6.45) is 0.526. The molecule has 0 saturated heterocycles. The zero-order valence-corrected chi connectivity index (χ0v) is 11.1. The van der Waals surface area contributed by atoms with E-state index >= 15 is 0 Å². The van der Waals surface area contributed by atoms with E-state index in [2.05, 4.69) is 35.9 Å². The number of aliphatic hydroxyl groups is 1. The van der Waals surface area contributed by atoms with Gasteiger partial charge in [-0.1, -0.05) is 24.0 Å². The predicted octanol–water partition coefficient (Wildman–Crippen LogP) is 1.50. The first-order valence-corrected chi connectivity index (χ1v) is 6.12. The van der Waals surface area contributed by atoms with E-state index in [9.17, 15) is 0 Å². The minimum atomic E-state index is 0.118. The number of benzene rings is 1. The zero-order chi connectivity index (χ0) is 13.2. The number of aliphatic hydroxyl groups excluding tert-OH is 1. The van der Waals surface area contributed by atoms with E-state index in [1.807, 2.05) is 12.1 Å². The van der Waals surface area contributed by atoms with Crippen LogP contribution in [0.4, 0.5) is 0 Å². The van der Waals surface area contributed by atoms with Crippen LogP contribution in [0.15, 0.2) is 24.3 Å². The second kappa shape index (κ2) is 8.71. The van der Waals surface area contributed by atoms with Crippen LogP contribution in [-0.2, 0) is 11.3 Å². The Morgan fingerprint density at radius 3 is 2.94 bits per heavy atom. The van der Waals surface area contributed by atoms with Crippen LogP contribution in [0.5, 0.6) is 0 Å². The predicted molar refractivity (Wildman–Crippen MR) is 73.2 cm³/mol. The van der Waals surface area contributed by atoms with Crippen LogP contribution in [0.3, 0.4) is 0 Å². The van der Waals surface area contributed by atoms with Crippen molar-refractivity contribution < 1.29 is 9.84 Å². The highest BCUT2D eigenvalue weighted by atomic mass is 16.5. The van der Waals surface area contributed by atoms with Crippen molar-refractivity contribution in [3.05, 3.63) is 35.4 Å². The van der Waals surface area contributed by atoms with Crippen molar-refractivity contribution in [3.8, 4) is 11.8 Å². The summed E-state index contributed by atoms with van der Waals surface area (Å²) in [5, 5.41) is 8.68. The maximum absolute atomic E-state index is 8.68. The van der Waals surface area contributed by atoms with Gasteiger partial charge in [0.15, 0.2) is 0 Å². The van der Waals surface area contributed by atoms with E-state index in [0.29, 0.717) is 6.42 Å². The molecule has 0 amide bonds. The molecule has 1 rings (SSSR count). The van der Waals surface area contributed by atoms with Crippen molar-refractivity contribution in [2.24, 2.45) is 0 Å². The highest BCUT2D eigenvalue weighted by Crippen LogP contribution is 2.06. The summed E-state index contributed by atoms with van der Waals surface area (Å²) in [6, 6.07) is 8.19. The van der Waals surface area contributed by atoms with Crippen LogP contribution < -0.4 is 0 Å². The van der Waals surface area contributed by atoms with Gasteiger partial charge < -0.3 is 9.84 Å². The van der Waals surface area contributed by atoms with Crippen molar-refractivity contribution in [1.29, 1.82) is 0 Å². The number of hydrogen-bond acceptors (Lipinski definition) is 3. The number of ether oxygens (including phenoxy) is 1. The average molecular weight is 247 g/mol. The van der Waals surface area contributed by atoms with Gasteiger partial charge in [-0.15, -0.1) is 0 Å². The van der Waals surface area contributed by atoms with Gasteiger partial charge in [0.25, 0.3) is 0 Å². The van der Waals surface area contributed by atoms with E-state index in [4.69, 9.17) is 9.84 Å². The van der Waals surface area contributed by atoms with Gasteiger partial charge in [0, 0.05) is 32.2 Å². The normalized spacial score (nSPS) is 10.2. The lowest BCUT2D eigenvalue weighted by atomic mass is 10.1. The monoisotopic (exact) mass is 247 g/mol. The second-order valence-electron chi connectivity index (χ2n) is 4.21. The van der Waals surface area contributed by atoms with Gasteiger partial charge in [-0.25, -0.2) is 0 Å². The molecule has 0 saturated carbocycles. The molecule has 18 heavy (non-hydrogen) atoms. The smallest absolute Gasteiger partial charge is 0.0589 e. The molecule has 0 aliphatic rings. The molecular weight excluding hydrogens is 226 g/mol. The molecule has 0 bridgehead atoms. The van der Waals surface area contributed by atoms with Crippen LogP contribution in [0, 0.1) is 11.8 Å². The highest BCUT2D eigenvalue weighted by Gasteiger charge is 2.00. The zero-order valence-electron chi connectivity index (χ0n) is 11.1. The van der Waals surface area contributed by atoms with Gasteiger partial charge in [-0.05, 0) is 24.7 Å². The Morgan fingerprint density at radius 1 is 1.39 bits per heavy atom. The third-order valence-electron chi connectivity index (χ3n) is 2.53. The molecule has 0 aliphatic heterocycles. The van der Waals surface area contributed by atoms with E-state index < -0.39 is 0 Å². The Labute approximate surface area is 109 Å². The van der Waals surface area contributed by atoms with Gasteiger partial charge in [0.1, 0.15) is 0 Å². The molecular formula is C15H21NO2. The lowest BCUT2D eigenvalue weighted by Gasteiger charge is -2.16. The summed E-state index contributed by atoms with van der Waals surface area (Å²) in [5.74, 6) is 5.98. The average Bonchev–Trinajstić information content (AvgIpc) is 2.37. The fraction of sp³-hybridized carbons (Fsp3) is 0.467. The lowest BCUT2D eigenvalue weighted by Crippen LogP contribution is -2.22. The van der Waals surface area contributed by atoms with Crippen molar-refractivity contribution in [2.45, 2.75) is 13.0 Å². The fourth-order valence-electron chi connectivity index (χ4n) is 1.61. The Bertz CT molecular complexity index is 406. The summed E-state index contributed by atoms with van der Waals surface area (Å²) >= 11 is 0. The van der Waals surface area contributed by atoms with Gasteiger partial charge in [-0.3, -0.25) is 4.90 Å². The Hall–Kier alpha value is -1.34. The Kier molecular flexibility index (Phi) is 7.12. The SMILES string of the molecule is COCCN(C)Cc1cccc(C#CCCO)c1. The van der Waals surface area contributed by atoms with Crippen LogP contribution in [0.25, 0.3) is 0 Å². The Balaban J connectivity index is 2.57. The topological polar surface area (TPSA) is 32.7 Å². The number of likely N-dealkylation sites (N-methyl/N-ethyl adjacent to an activating group) is 1. The summed E-state index contributed by atoms with van der Waals surface area (Å²) in [5.41, 5.74) is 2.24. The highest BCUT2D eigenvalue weighted by molar-refractivity contribution is 5.37. The first-order chi connectivity index (χ1) is 8.76. The largest absolute Gasteiger partial charge is 0.395 e. The molecule has 3 heteroatoms. The molecule has 0 unspecified atom stereocenters. The van der Waals surface area contributed by atoms with Crippen molar-refractivity contribution in [2.75, 3.05) is 33.9 Å². The molecule has 0 aliphatic carbocycles. The summed E-state index contributed by atoms with van der Waals surface area (Å²) < 4.78 is 5.05. The minimum Gasteiger partial charge on any atom is -0.395 e. The molecule has 1 aromatic rings. The third kappa shape index (κ3) is 5.83. The second-order valence-corrected chi connectivity index (χ2v) is 4.21. The van der Waals surface area contributed by atoms with Crippen LogP contribution >= 0.6 is 0 Å². The molecule has 1 N–H and O–H groups in total. The van der Waals surface area contributed by atoms with E-state index in [-0.39, 0.29) is 6.61 Å². The number of methoxy groups -OCH3 is 1. The van der Waals surface area contributed by atoms with Gasteiger partial charge in [0.2, 0.25) is 0 Å². The quantitative estimate of drug-likeness (QED) is 0.773. The lowest BCUT2D eigenvalue weighted by molar-refractivity contribution is 0.158. The molecule has 1 aromatic carbocycles.